The van der Waals surface area contributed by atoms with Gasteiger partial charge in [-0.3, -0.25) is 4.90 Å². The monoisotopic (exact) mass is 292 g/mol. The maximum absolute atomic E-state index is 6.07. The van der Waals surface area contributed by atoms with Crippen LogP contribution in [-0.4, -0.2) is 38.3 Å². The summed E-state index contributed by atoms with van der Waals surface area (Å²) in [5.41, 5.74) is 8.75. The third-order valence-electron chi connectivity index (χ3n) is 3.83. The molecular formula is C18H32N2O. The lowest BCUT2D eigenvalue weighted by Crippen LogP contribution is -2.38. The fourth-order valence-corrected chi connectivity index (χ4v) is 2.65. The van der Waals surface area contributed by atoms with E-state index in [0.29, 0.717) is 18.4 Å². The quantitative estimate of drug-likeness (QED) is 0.758. The van der Waals surface area contributed by atoms with Gasteiger partial charge in [0.05, 0.1) is 6.61 Å². The zero-order valence-electron chi connectivity index (χ0n) is 14.3. The van der Waals surface area contributed by atoms with Crippen molar-refractivity contribution in [3.8, 4) is 0 Å². The molecule has 0 fully saturated rings. The fourth-order valence-electron chi connectivity index (χ4n) is 2.65. The molecule has 0 aromatic heterocycles. The molecule has 0 spiro atoms. The molecule has 0 radical (unpaired) electrons. The number of nitrogens with two attached hydrogens (primary N) is 1. The van der Waals surface area contributed by atoms with E-state index in [1.165, 1.54) is 11.1 Å². The minimum Gasteiger partial charge on any atom is -0.383 e. The average Bonchev–Trinajstić information content (AvgIpc) is 2.45. The van der Waals surface area contributed by atoms with E-state index in [-0.39, 0.29) is 6.04 Å². The maximum atomic E-state index is 6.07. The van der Waals surface area contributed by atoms with Crippen molar-refractivity contribution in [2.75, 3.05) is 33.4 Å². The molecule has 0 bridgehead atoms. The molecule has 1 rings (SSSR count). The summed E-state index contributed by atoms with van der Waals surface area (Å²) in [5, 5.41) is 0. The van der Waals surface area contributed by atoms with Gasteiger partial charge >= 0.3 is 0 Å². The summed E-state index contributed by atoms with van der Waals surface area (Å²) in [4.78, 5) is 2.44. The van der Waals surface area contributed by atoms with E-state index in [0.717, 1.165) is 19.7 Å². The molecule has 21 heavy (non-hydrogen) atoms. The molecule has 1 aromatic carbocycles. The largest absolute Gasteiger partial charge is 0.383 e. The molecule has 120 valence electrons. The molecule has 0 aliphatic rings. The van der Waals surface area contributed by atoms with Crippen molar-refractivity contribution in [1.29, 1.82) is 0 Å². The first-order valence-electron chi connectivity index (χ1n) is 8.02. The summed E-state index contributed by atoms with van der Waals surface area (Å²) in [6.07, 6.45) is 0. The van der Waals surface area contributed by atoms with Crippen LogP contribution in [0.4, 0.5) is 0 Å². The highest BCUT2D eigenvalue weighted by atomic mass is 16.5. The van der Waals surface area contributed by atoms with Crippen molar-refractivity contribution in [1.82, 2.24) is 4.90 Å². The van der Waals surface area contributed by atoms with Crippen molar-refractivity contribution in [2.45, 2.75) is 39.7 Å². The highest BCUT2D eigenvalue weighted by Gasteiger charge is 2.19. The van der Waals surface area contributed by atoms with Gasteiger partial charge in [0.25, 0.3) is 0 Å². The minimum atomic E-state index is 0.267. The first-order chi connectivity index (χ1) is 9.99. The van der Waals surface area contributed by atoms with Gasteiger partial charge in [0.2, 0.25) is 0 Å². The van der Waals surface area contributed by atoms with Crippen LogP contribution in [0.15, 0.2) is 24.3 Å². The maximum Gasteiger partial charge on any atom is 0.0589 e. The summed E-state index contributed by atoms with van der Waals surface area (Å²) in [6.45, 7) is 12.3. The third-order valence-corrected chi connectivity index (χ3v) is 3.83. The zero-order chi connectivity index (χ0) is 15.8. The van der Waals surface area contributed by atoms with E-state index >= 15 is 0 Å². The summed E-state index contributed by atoms with van der Waals surface area (Å²) in [6, 6.07) is 9.18. The van der Waals surface area contributed by atoms with E-state index in [1.807, 2.05) is 0 Å². The molecular weight excluding hydrogens is 260 g/mol. The Morgan fingerprint density at radius 2 is 1.62 bits per heavy atom. The number of ether oxygens (including phenoxy) is 1. The van der Waals surface area contributed by atoms with E-state index in [4.69, 9.17) is 10.5 Å². The Bertz CT molecular complexity index is 387. The highest BCUT2D eigenvalue weighted by Crippen LogP contribution is 2.23. The summed E-state index contributed by atoms with van der Waals surface area (Å²) < 4.78 is 5.25. The average molecular weight is 292 g/mol. The number of nitrogens with zero attached hydrogens (tertiary/aromatic N) is 1. The first-order valence-corrected chi connectivity index (χ1v) is 8.02. The second kappa shape index (κ2) is 9.19. The third kappa shape index (κ3) is 5.77. The molecule has 3 nitrogen and oxygen atoms in total. The molecule has 2 N–H and O–H groups in total. The topological polar surface area (TPSA) is 38.5 Å². The van der Waals surface area contributed by atoms with Crippen LogP contribution < -0.4 is 5.73 Å². The fraction of sp³-hybridized carbons (Fsp3) is 0.667. The van der Waals surface area contributed by atoms with Gasteiger partial charge in [0.15, 0.2) is 0 Å². The highest BCUT2D eigenvalue weighted by molar-refractivity contribution is 5.27. The van der Waals surface area contributed by atoms with Gasteiger partial charge in [0.1, 0.15) is 0 Å². The van der Waals surface area contributed by atoms with E-state index in [2.05, 4.69) is 56.9 Å². The van der Waals surface area contributed by atoms with Crippen molar-refractivity contribution >= 4 is 0 Å². The van der Waals surface area contributed by atoms with Gasteiger partial charge in [-0.2, -0.15) is 0 Å². The molecule has 1 unspecified atom stereocenters. The van der Waals surface area contributed by atoms with Crippen LogP contribution in [0.25, 0.3) is 0 Å². The summed E-state index contributed by atoms with van der Waals surface area (Å²) in [5.74, 6) is 1.18. The van der Waals surface area contributed by atoms with Crippen LogP contribution in [0, 0.1) is 5.92 Å². The Morgan fingerprint density at radius 1 is 1.05 bits per heavy atom. The molecule has 0 aliphatic heterocycles. The molecule has 1 atom stereocenters. The van der Waals surface area contributed by atoms with Crippen LogP contribution in [0.5, 0.6) is 0 Å². The molecule has 0 amide bonds. The van der Waals surface area contributed by atoms with Crippen LogP contribution in [0.1, 0.15) is 50.8 Å². The van der Waals surface area contributed by atoms with Gasteiger partial charge in [0, 0.05) is 32.8 Å². The van der Waals surface area contributed by atoms with Gasteiger partial charge in [-0.25, -0.2) is 0 Å². The van der Waals surface area contributed by atoms with Crippen molar-refractivity contribution < 1.29 is 4.74 Å². The number of rotatable bonds is 9. The van der Waals surface area contributed by atoms with Crippen molar-refractivity contribution in [3.05, 3.63) is 35.4 Å². The van der Waals surface area contributed by atoms with Crippen molar-refractivity contribution in [2.24, 2.45) is 11.7 Å². The van der Waals surface area contributed by atoms with E-state index < -0.39 is 0 Å². The Labute approximate surface area is 130 Å². The van der Waals surface area contributed by atoms with Crippen LogP contribution in [-0.2, 0) is 4.74 Å². The van der Waals surface area contributed by atoms with Gasteiger partial charge < -0.3 is 10.5 Å². The summed E-state index contributed by atoms with van der Waals surface area (Å²) in [7, 11) is 1.75. The standard InChI is InChI=1S/C18H32N2O/c1-14(2)13-20(10-11-21-5)18(12-19)17-8-6-16(7-9-17)15(3)4/h6-9,14-15,18H,10-13,19H2,1-5H3. The van der Waals surface area contributed by atoms with Crippen molar-refractivity contribution in [3.63, 3.8) is 0 Å². The second-order valence-electron chi connectivity index (χ2n) is 6.45. The van der Waals surface area contributed by atoms with Gasteiger partial charge in [-0.05, 0) is 23.0 Å². The molecule has 0 saturated carbocycles. The number of methoxy groups -OCH3 is 1. The lowest BCUT2D eigenvalue weighted by atomic mass is 9.98. The van der Waals surface area contributed by atoms with Gasteiger partial charge in [-0.15, -0.1) is 0 Å². The Morgan fingerprint density at radius 3 is 2.05 bits per heavy atom. The number of hydrogen-bond donors (Lipinski definition) is 1. The molecule has 0 aliphatic carbocycles. The molecule has 3 heteroatoms. The second-order valence-corrected chi connectivity index (χ2v) is 6.45. The number of hydrogen-bond acceptors (Lipinski definition) is 3. The normalized spacial score (nSPS) is 13.4. The zero-order valence-corrected chi connectivity index (χ0v) is 14.3. The Balaban J connectivity index is 2.89. The van der Waals surface area contributed by atoms with Crippen LogP contribution in [0.3, 0.4) is 0 Å². The minimum absolute atomic E-state index is 0.267. The predicted octanol–water partition coefficient (Wildman–Crippen LogP) is 3.41. The molecule has 1 aromatic rings. The number of benzene rings is 1. The van der Waals surface area contributed by atoms with Gasteiger partial charge in [-0.1, -0.05) is 52.0 Å². The first kappa shape index (κ1) is 18.1. The lowest BCUT2D eigenvalue weighted by molar-refractivity contribution is 0.112. The van der Waals surface area contributed by atoms with Crippen LogP contribution >= 0.6 is 0 Å². The van der Waals surface area contributed by atoms with E-state index in [9.17, 15) is 0 Å². The summed E-state index contributed by atoms with van der Waals surface area (Å²) >= 11 is 0. The lowest BCUT2D eigenvalue weighted by Gasteiger charge is -2.32. The predicted molar refractivity (Wildman–Crippen MR) is 90.6 cm³/mol. The SMILES string of the molecule is COCCN(CC(C)C)C(CN)c1ccc(C(C)C)cc1. The molecule has 0 heterocycles. The van der Waals surface area contributed by atoms with Crippen LogP contribution in [0.2, 0.25) is 0 Å². The molecule has 0 saturated heterocycles. The Hall–Kier alpha value is -0.900. The van der Waals surface area contributed by atoms with E-state index in [1.54, 1.807) is 7.11 Å². The Kier molecular flexibility index (Phi) is 7.94. The smallest absolute Gasteiger partial charge is 0.0589 e.